The van der Waals surface area contributed by atoms with Crippen molar-refractivity contribution in [1.82, 2.24) is 14.5 Å². The van der Waals surface area contributed by atoms with Gasteiger partial charge < -0.3 is 10.0 Å². The zero-order valence-corrected chi connectivity index (χ0v) is 15.0. The van der Waals surface area contributed by atoms with Crippen LogP contribution in [0.4, 0.5) is 0 Å². The molecule has 1 aliphatic heterocycles. The first-order chi connectivity index (χ1) is 12.4. The molecule has 0 radical (unpaired) electrons. The van der Waals surface area contributed by atoms with E-state index in [0.717, 1.165) is 0 Å². The molecule has 1 fully saturated rings. The van der Waals surface area contributed by atoms with Gasteiger partial charge in [0.2, 0.25) is 5.91 Å². The Morgan fingerprint density at radius 1 is 1.31 bits per heavy atom. The fourth-order valence-electron chi connectivity index (χ4n) is 3.56. The van der Waals surface area contributed by atoms with Gasteiger partial charge in [-0.15, -0.1) is 0 Å². The lowest BCUT2D eigenvalue weighted by Gasteiger charge is -2.28. The number of nitrogens with zero attached hydrogens (tertiary/aromatic N) is 3. The number of carbonyl (C=O) groups is 2. The number of carboxylic acid groups (broad SMARTS) is 1. The number of aliphatic carboxylic acids is 1. The number of benzene rings is 1. The van der Waals surface area contributed by atoms with Gasteiger partial charge in [0, 0.05) is 6.54 Å². The highest BCUT2D eigenvalue weighted by atomic mass is 16.4. The van der Waals surface area contributed by atoms with Gasteiger partial charge in [0.05, 0.1) is 17.2 Å². The molecule has 0 bridgehead atoms. The average Bonchev–Trinajstić information content (AvgIpc) is 3.10. The number of rotatable bonds is 5. The number of hydrogen-bond acceptors (Lipinski definition) is 4. The first kappa shape index (κ1) is 18.1. The molecule has 1 amide bonds. The molecule has 7 heteroatoms. The number of carbonyl (C=O) groups excluding carboxylic acids is 1. The minimum atomic E-state index is -0.997. The van der Waals surface area contributed by atoms with E-state index in [2.05, 4.69) is 4.98 Å². The summed E-state index contributed by atoms with van der Waals surface area (Å²) in [7, 11) is 0. The number of amides is 1. The Hall–Kier alpha value is -2.70. The van der Waals surface area contributed by atoms with Crippen molar-refractivity contribution in [2.24, 2.45) is 5.92 Å². The van der Waals surface area contributed by atoms with Crippen LogP contribution in [-0.4, -0.2) is 44.0 Å². The summed E-state index contributed by atoms with van der Waals surface area (Å²) < 4.78 is 1.36. The molecule has 26 heavy (non-hydrogen) atoms. The third kappa shape index (κ3) is 3.34. The first-order valence-corrected chi connectivity index (χ1v) is 8.89. The Kier molecular flexibility index (Phi) is 5.06. The smallest absolute Gasteiger partial charge is 0.326 e. The maximum atomic E-state index is 13.2. The number of aromatic nitrogens is 2. The van der Waals surface area contributed by atoms with E-state index in [1.54, 1.807) is 24.3 Å². The van der Waals surface area contributed by atoms with Crippen molar-refractivity contribution in [1.29, 1.82) is 0 Å². The van der Waals surface area contributed by atoms with Gasteiger partial charge in [-0.05, 0) is 37.3 Å². The lowest BCUT2D eigenvalue weighted by atomic mass is 10.0. The molecule has 0 unspecified atom stereocenters. The third-order valence-corrected chi connectivity index (χ3v) is 4.83. The van der Waals surface area contributed by atoms with Crippen LogP contribution in [0.25, 0.3) is 10.9 Å². The van der Waals surface area contributed by atoms with Gasteiger partial charge in [0.15, 0.2) is 0 Å². The monoisotopic (exact) mass is 357 g/mol. The van der Waals surface area contributed by atoms with Crippen molar-refractivity contribution in [3.63, 3.8) is 0 Å². The Balaban J connectivity index is 2.04. The molecule has 0 spiro atoms. The molecule has 3 rings (SSSR count). The van der Waals surface area contributed by atoms with Crippen LogP contribution in [0, 0.1) is 5.92 Å². The van der Waals surface area contributed by atoms with E-state index in [0.29, 0.717) is 36.7 Å². The van der Waals surface area contributed by atoms with E-state index >= 15 is 0 Å². The molecule has 1 N–H and O–H groups in total. The highest BCUT2D eigenvalue weighted by Crippen LogP contribution is 2.25. The first-order valence-electron chi connectivity index (χ1n) is 8.89. The summed E-state index contributed by atoms with van der Waals surface area (Å²) >= 11 is 0. The summed E-state index contributed by atoms with van der Waals surface area (Å²) in [5.41, 5.74) is 0.301. The minimum absolute atomic E-state index is 0.160. The average molecular weight is 357 g/mol. The molecule has 2 atom stereocenters. The number of hydrogen-bond donors (Lipinski definition) is 1. The van der Waals surface area contributed by atoms with Gasteiger partial charge in [-0.3, -0.25) is 14.2 Å². The van der Waals surface area contributed by atoms with Crippen molar-refractivity contribution < 1.29 is 14.7 Å². The molecular formula is C19H23N3O4. The van der Waals surface area contributed by atoms with Crippen molar-refractivity contribution in [2.75, 3.05) is 6.54 Å². The zero-order valence-electron chi connectivity index (χ0n) is 15.0. The van der Waals surface area contributed by atoms with E-state index < -0.39 is 18.1 Å². The van der Waals surface area contributed by atoms with Crippen LogP contribution in [0.1, 0.15) is 39.2 Å². The fourth-order valence-corrected chi connectivity index (χ4v) is 3.56. The van der Waals surface area contributed by atoms with Crippen LogP contribution in [0.3, 0.4) is 0 Å². The van der Waals surface area contributed by atoms with Crippen molar-refractivity contribution in [2.45, 2.75) is 45.2 Å². The maximum absolute atomic E-state index is 13.2. The molecule has 138 valence electrons. The molecule has 1 aromatic heterocycles. The maximum Gasteiger partial charge on any atom is 0.326 e. The summed E-state index contributed by atoms with van der Waals surface area (Å²) in [4.78, 5) is 43.3. The zero-order chi connectivity index (χ0) is 18.8. The molecule has 0 aliphatic carbocycles. The SMILES string of the molecule is CC(C)C[C@@H](C(=O)N1CCC[C@@H]1C(=O)O)n1cnc2ccccc2c1=O. The van der Waals surface area contributed by atoms with Crippen LogP contribution in [0.2, 0.25) is 0 Å². The van der Waals surface area contributed by atoms with E-state index in [-0.39, 0.29) is 17.4 Å². The largest absolute Gasteiger partial charge is 0.480 e. The van der Waals surface area contributed by atoms with E-state index in [1.807, 2.05) is 13.8 Å². The Morgan fingerprint density at radius 2 is 2.04 bits per heavy atom. The highest BCUT2D eigenvalue weighted by molar-refractivity contribution is 5.87. The van der Waals surface area contributed by atoms with Crippen LogP contribution in [-0.2, 0) is 9.59 Å². The van der Waals surface area contributed by atoms with Crippen LogP contribution in [0.5, 0.6) is 0 Å². The third-order valence-electron chi connectivity index (χ3n) is 4.83. The lowest BCUT2D eigenvalue weighted by Crippen LogP contribution is -2.46. The standard InChI is InChI=1S/C19H23N3O4/c1-12(2)10-16(18(24)21-9-5-8-15(21)19(25)26)22-11-20-14-7-4-3-6-13(14)17(22)23/h3-4,6-7,11-12,15-16H,5,8-10H2,1-2H3,(H,25,26)/t15-,16+/m1/s1. The minimum Gasteiger partial charge on any atom is -0.480 e. The molecule has 2 heterocycles. The quantitative estimate of drug-likeness (QED) is 0.884. The predicted molar refractivity (Wildman–Crippen MR) is 96.9 cm³/mol. The second-order valence-electron chi connectivity index (χ2n) is 7.15. The van der Waals surface area contributed by atoms with Crippen LogP contribution < -0.4 is 5.56 Å². The van der Waals surface area contributed by atoms with Gasteiger partial charge in [-0.2, -0.15) is 0 Å². The van der Waals surface area contributed by atoms with Gasteiger partial charge in [-0.1, -0.05) is 26.0 Å². The number of fused-ring (bicyclic) bond motifs is 1. The second kappa shape index (κ2) is 7.27. The summed E-state index contributed by atoms with van der Waals surface area (Å²) in [6, 6.07) is 5.43. The number of likely N-dealkylation sites (tertiary alicyclic amines) is 1. The summed E-state index contributed by atoms with van der Waals surface area (Å²) in [6.45, 7) is 4.34. The van der Waals surface area contributed by atoms with Crippen LogP contribution in [0.15, 0.2) is 35.4 Å². The molecular weight excluding hydrogens is 334 g/mol. The summed E-state index contributed by atoms with van der Waals surface area (Å²) in [5, 5.41) is 9.84. The summed E-state index contributed by atoms with van der Waals surface area (Å²) in [6.07, 6.45) is 2.95. The molecule has 2 aromatic rings. The molecule has 7 nitrogen and oxygen atoms in total. The van der Waals surface area contributed by atoms with E-state index in [4.69, 9.17) is 0 Å². The molecule has 1 aromatic carbocycles. The van der Waals surface area contributed by atoms with Gasteiger partial charge in [-0.25, -0.2) is 9.78 Å². The van der Waals surface area contributed by atoms with E-state index in [9.17, 15) is 19.5 Å². The molecule has 1 aliphatic rings. The van der Waals surface area contributed by atoms with Gasteiger partial charge in [0.25, 0.3) is 5.56 Å². The normalized spacial score (nSPS) is 18.4. The lowest BCUT2D eigenvalue weighted by molar-refractivity contribution is -0.149. The van der Waals surface area contributed by atoms with Crippen molar-refractivity contribution in [3.8, 4) is 0 Å². The topological polar surface area (TPSA) is 92.5 Å². The molecule has 1 saturated heterocycles. The molecule has 0 saturated carbocycles. The second-order valence-corrected chi connectivity index (χ2v) is 7.15. The Labute approximate surface area is 151 Å². The van der Waals surface area contributed by atoms with Crippen molar-refractivity contribution >= 4 is 22.8 Å². The van der Waals surface area contributed by atoms with Gasteiger partial charge in [0.1, 0.15) is 12.1 Å². The van der Waals surface area contributed by atoms with Crippen molar-refractivity contribution in [3.05, 3.63) is 40.9 Å². The Bertz CT molecular complexity index is 890. The van der Waals surface area contributed by atoms with E-state index in [1.165, 1.54) is 15.8 Å². The highest BCUT2D eigenvalue weighted by Gasteiger charge is 2.38. The summed E-state index contributed by atoms with van der Waals surface area (Å²) in [5.74, 6) is -1.15. The van der Waals surface area contributed by atoms with Gasteiger partial charge >= 0.3 is 5.97 Å². The Morgan fingerprint density at radius 3 is 2.73 bits per heavy atom. The fraction of sp³-hybridized carbons (Fsp3) is 0.474. The van der Waals surface area contributed by atoms with Crippen LogP contribution >= 0.6 is 0 Å². The number of para-hydroxylation sites is 1. The number of carboxylic acids is 1. The predicted octanol–water partition coefficient (Wildman–Crippen LogP) is 2.06.